The van der Waals surface area contributed by atoms with Crippen molar-refractivity contribution in [1.82, 2.24) is 0 Å². The molecule has 0 N–H and O–H groups in total. The van der Waals surface area contributed by atoms with E-state index < -0.39 is 0 Å². The molecule has 90 valence electrons. The Labute approximate surface area is 115 Å². The van der Waals surface area contributed by atoms with Gasteiger partial charge in [0.05, 0.1) is 0 Å². The highest BCUT2D eigenvalue weighted by Crippen LogP contribution is 2.34. The largest absolute Gasteiger partial charge is 0.456 e. The number of para-hydroxylation sites is 1. The molecule has 3 rings (SSSR count). The minimum Gasteiger partial charge on any atom is -0.456 e. The van der Waals surface area contributed by atoms with Crippen LogP contribution in [-0.2, 0) is 6.42 Å². The zero-order chi connectivity index (χ0) is 12.4. The average molecular weight is 301 g/mol. The van der Waals surface area contributed by atoms with Gasteiger partial charge in [-0.1, -0.05) is 64.5 Å². The second-order valence-corrected chi connectivity index (χ2v) is 4.88. The van der Waals surface area contributed by atoms with Gasteiger partial charge in [0, 0.05) is 17.3 Å². The van der Waals surface area contributed by atoms with Crippen molar-refractivity contribution in [3.8, 4) is 5.75 Å². The van der Waals surface area contributed by atoms with Gasteiger partial charge < -0.3 is 4.74 Å². The molecule has 0 atom stereocenters. The highest BCUT2D eigenvalue weighted by atomic mass is 79.9. The lowest BCUT2D eigenvalue weighted by molar-refractivity contribution is 0.492. The summed E-state index contributed by atoms with van der Waals surface area (Å²) in [5.74, 6) is 1.97. The fourth-order valence-electron chi connectivity index (χ4n) is 2.20. The predicted molar refractivity (Wildman–Crippen MR) is 77.9 cm³/mol. The molecule has 0 fully saturated rings. The van der Waals surface area contributed by atoms with Crippen molar-refractivity contribution in [2.75, 3.05) is 5.33 Å². The number of rotatable bonds is 2. The number of ether oxygens (including phenoxy) is 1. The third kappa shape index (κ3) is 2.08. The van der Waals surface area contributed by atoms with Crippen LogP contribution >= 0.6 is 15.9 Å². The van der Waals surface area contributed by atoms with Gasteiger partial charge in [-0.05, 0) is 17.2 Å². The smallest absolute Gasteiger partial charge is 0.135 e. The minimum absolute atomic E-state index is 0.839. The molecule has 18 heavy (non-hydrogen) atoms. The summed E-state index contributed by atoms with van der Waals surface area (Å²) in [6.45, 7) is 0. The van der Waals surface area contributed by atoms with E-state index >= 15 is 0 Å². The van der Waals surface area contributed by atoms with E-state index in [1.807, 2.05) is 30.3 Å². The second kappa shape index (κ2) is 4.99. The monoisotopic (exact) mass is 300 g/mol. The van der Waals surface area contributed by atoms with Gasteiger partial charge in [0.1, 0.15) is 11.5 Å². The first kappa shape index (κ1) is 11.5. The lowest BCUT2D eigenvalue weighted by atomic mass is 9.99. The average Bonchev–Trinajstić information content (AvgIpc) is 2.46. The van der Waals surface area contributed by atoms with E-state index in [1.54, 1.807) is 0 Å². The Morgan fingerprint density at radius 3 is 2.44 bits per heavy atom. The van der Waals surface area contributed by atoms with E-state index in [-0.39, 0.29) is 0 Å². The number of hydrogen-bond acceptors (Lipinski definition) is 1. The van der Waals surface area contributed by atoms with Crippen LogP contribution in [0.4, 0.5) is 0 Å². The molecule has 0 amide bonds. The number of hydrogen-bond donors (Lipinski definition) is 0. The lowest BCUT2D eigenvalue weighted by Gasteiger charge is -2.22. The third-order valence-electron chi connectivity index (χ3n) is 3.11. The van der Waals surface area contributed by atoms with Crippen LogP contribution < -0.4 is 4.74 Å². The number of allylic oxidation sites excluding steroid dienone is 1. The topological polar surface area (TPSA) is 9.23 Å². The first-order valence-corrected chi connectivity index (χ1v) is 7.10. The van der Waals surface area contributed by atoms with E-state index in [1.165, 1.54) is 11.1 Å². The molecule has 2 aromatic carbocycles. The van der Waals surface area contributed by atoms with Crippen LogP contribution in [0, 0.1) is 0 Å². The van der Waals surface area contributed by atoms with E-state index in [4.69, 9.17) is 4.74 Å². The van der Waals surface area contributed by atoms with Crippen molar-refractivity contribution >= 4 is 21.7 Å². The zero-order valence-electron chi connectivity index (χ0n) is 9.90. The molecule has 2 heteroatoms. The maximum absolute atomic E-state index is 6.07. The number of halogens is 1. The van der Waals surface area contributed by atoms with Crippen molar-refractivity contribution in [3.63, 3.8) is 0 Å². The van der Waals surface area contributed by atoms with Crippen molar-refractivity contribution in [1.29, 1.82) is 0 Å². The summed E-state index contributed by atoms with van der Waals surface area (Å²) < 4.78 is 6.07. The van der Waals surface area contributed by atoms with Crippen LogP contribution in [0.15, 0.2) is 60.2 Å². The molecule has 0 radical (unpaired) electrons. The highest BCUT2D eigenvalue weighted by Gasteiger charge is 2.19. The molecular formula is C16H13BrO. The molecule has 0 saturated carbocycles. The summed E-state index contributed by atoms with van der Waals surface area (Å²) in [6, 6.07) is 18.5. The summed E-state index contributed by atoms with van der Waals surface area (Å²) in [5, 5.41) is 0.839. The van der Waals surface area contributed by atoms with Crippen molar-refractivity contribution in [2.24, 2.45) is 0 Å². The first-order valence-electron chi connectivity index (χ1n) is 5.97. The molecule has 2 aromatic rings. The van der Waals surface area contributed by atoms with Crippen molar-refractivity contribution < 1.29 is 4.74 Å². The van der Waals surface area contributed by atoms with Crippen LogP contribution in [0.5, 0.6) is 5.75 Å². The summed E-state index contributed by atoms with van der Waals surface area (Å²) in [4.78, 5) is 0. The Morgan fingerprint density at radius 2 is 1.67 bits per heavy atom. The third-order valence-corrected chi connectivity index (χ3v) is 3.78. The second-order valence-electron chi connectivity index (χ2n) is 4.32. The maximum Gasteiger partial charge on any atom is 0.135 e. The zero-order valence-corrected chi connectivity index (χ0v) is 11.5. The van der Waals surface area contributed by atoms with Gasteiger partial charge in [0.25, 0.3) is 0 Å². The Hall–Kier alpha value is -1.54. The van der Waals surface area contributed by atoms with Crippen LogP contribution in [0.2, 0.25) is 0 Å². The first-order chi connectivity index (χ1) is 8.88. The summed E-state index contributed by atoms with van der Waals surface area (Å²) >= 11 is 3.56. The van der Waals surface area contributed by atoms with Crippen LogP contribution in [0.3, 0.4) is 0 Å². The van der Waals surface area contributed by atoms with Crippen molar-refractivity contribution in [3.05, 3.63) is 71.3 Å². The normalized spacial score (nSPS) is 14.1. The molecule has 0 saturated heterocycles. The molecule has 0 bridgehead atoms. The predicted octanol–water partition coefficient (Wildman–Crippen LogP) is 4.43. The molecule has 1 heterocycles. The SMILES string of the molecule is BrCC1=C(c2ccccc2)Oc2ccccc2C1. The quantitative estimate of drug-likeness (QED) is 0.746. The van der Waals surface area contributed by atoms with E-state index in [2.05, 4.69) is 40.2 Å². The Morgan fingerprint density at radius 1 is 0.944 bits per heavy atom. The molecular weight excluding hydrogens is 288 g/mol. The molecule has 0 aromatic heterocycles. The molecule has 1 aliphatic heterocycles. The molecule has 0 spiro atoms. The lowest BCUT2D eigenvalue weighted by Crippen LogP contribution is -2.10. The van der Waals surface area contributed by atoms with Gasteiger partial charge in [0.2, 0.25) is 0 Å². The minimum atomic E-state index is 0.839. The van der Waals surface area contributed by atoms with E-state index in [9.17, 15) is 0 Å². The van der Waals surface area contributed by atoms with E-state index in [0.717, 1.165) is 28.8 Å². The molecule has 0 aliphatic carbocycles. The maximum atomic E-state index is 6.07. The summed E-state index contributed by atoms with van der Waals surface area (Å²) in [6.07, 6.45) is 0.950. The van der Waals surface area contributed by atoms with Gasteiger partial charge in [-0.2, -0.15) is 0 Å². The van der Waals surface area contributed by atoms with E-state index in [0.29, 0.717) is 0 Å². The molecule has 0 unspecified atom stereocenters. The number of alkyl halides is 1. The van der Waals surface area contributed by atoms with Gasteiger partial charge in [-0.15, -0.1) is 0 Å². The van der Waals surface area contributed by atoms with Gasteiger partial charge in [-0.3, -0.25) is 0 Å². The summed E-state index contributed by atoms with van der Waals surface area (Å²) in [7, 11) is 0. The van der Waals surface area contributed by atoms with Crippen molar-refractivity contribution in [2.45, 2.75) is 6.42 Å². The fraction of sp³-hybridized carbons (Fsp3) is 0.125. The van der Waals surface area contributed by atoms with Crippen LogP contribution in [-0.4, -0.2) is 5.33 Å². The molecule has 1 nitrogen and oxygen atoms in total. The summed E-state index contributed by atoms with van der Waals surface area (Å²) in [5.41, 5.74) is 3.69. The fourth-order valence-corrected chi connectivity index (χ4v) is 2.66. The Kier molecular flexibility index (Phi) is 3.20. The number of fused-ring (bicyclic) bond motifs is 1. The van der Waals surface area contributed by atoms with Crippen LogP contribution in [0.1, 0.15) is 11.1 Å². The molecule has 1 aliphatic rings. The van der Waals surface area contributed by atoms with Crippen LogP contribution in [0.25, 0.3) is 5.76 Å². The Balaban J connectivity index is 2.06. The standard InChI is InChI=1S/C16H13BrO/c17-11-14-10-13-8-4-5-9-15(13)18-16(14)12-6-2-1-3-7-12/h1-9H,10-11H2. The number of benzene rings is 2. The highest BCUT2D eigenvalue weighted by molar-refractivity contribution is 9.09. The van der Waals surface area contributed by atoms with Gasteiger partial charge in [-0.25, -0.2) is 0 Å². The Bertz CT molecular complexity index is 587. The van der Waals surface area contributed by atoms with Gasteiger partial charge in [0.15, 0.2) is 0 Å². The van der Waals surface area contributed by atoms with Gasteiger partial charge >= 0.3 is 0 Å².